The number of carbonyl (C=O) groups is 12. The highest BCUT2D eigenvalue weighted by atomic mass is 16.4. The molecule has 8 amide bonds. The van der Waals surface area contributed by atoms with Gasteiger partial charge in [-0.3, -0.25) is 72.8 Å². The number of aliphatic carboxylic acids is 1. The van der Waals surface area contributed by atoms with Gasteiger partial charge in [-0.05, 0) is 121 Å². The van der Waals surface area contributed by atoms with Crippen LogP contribution >= 0.6 is 0 Å². The number of carbonyl (C=O) groups excluding carboxylic acids is 11. The van der Waals surface area contributed by atoms with Gasteiger partial charge in [-0.25, -0.2) is 0 Å². The van der Waals surface area contributed by atoms with Gasteiger partial charge < -0.3 is 70.8 Å². The van der Waals surface area contributed by atoms with Crippen LogP contribution in [-0.4, -0.2) is 160 Å². The maximum absolute atomic E-state index is 14.5. The third kappa shape index (κ3) is 29.3. The average Bonchev–Trinajstić information content (AvgIpc) is 4.05. The number of hydrogen-bond donors (Lipinski definition) is 13. The van der Waals surface area contributed by atoms with Crippen molar-refractivity contribution in [2.75, 3.05) is 26.2 Å². The minimum Gasteiger partial charge on any atom is -0.481 e. The number of aliphatic imine (C=N–C) groups is 2. The van der Waals surface area contributed by atoms with Gasteiger partial charge in [0.2, 0.25) is 47.3 Å². The highest BCUT2D eigenvalue weighted by molar-refractivity contribution is 5.99. The predicted molar refractivity (Wildman–Crippen MR) is 333 cm³/mol. The summed E-state index contributed by atoms with van der Waals surface area (Å²) in [5, 5.41) is 33.6. The van der Waals surface area contributed by atoms with Gasteiger partial charge >= 0.3 is 5.97 Å². The lowest BCUT2D eigenvalue weighted by Crippen LogP contribution is -2.56. The monoisotopic (exact) mass is 1250 g/mol. The van der Waals surface area contributed by atoms with Crippen molar-refractivity contribution in [3.05, 3.63) is 35.9 Å². The third-order valence-electron chi connectivity index (χ3n) is 15.4. The number of unbranched alkanes of at least 4 members (excludes halogenated alkanes) is 1. The van der Waals surface area contributed by atoms with Crippen molar-refractivity contribution in [1.29, 1.82) is 0 Å². The number of benzene rings is 1. The fraction of sp³-hybridized carbons (Fsp3) is 0.672. The standard InChI is InChI=1S/C61H100N14O14/c1-34(2)26-41(53(63)83)30-48(78)46(20-14-24-69-61(66)67)73-56(86)43(28-39-16-9-8-10-17-39)31-49(79)45(19-11-12-22-62)72-57(87)44(33-51(81)82)32-50(80)52(37(6)76)74-54(84)36(5)70-58(88)47-21-15-25-75(47)59(89)40(18-13-23-68-60(64)65)29-42(27-35(3)4)55(85)71-38(7)77/h8-10,16-17,34-37,40-47,52,76H,11-15,18-33,62H2,1-7H3,(H2,63,83)(H,70,88)(H,72,87)(H,73,86)(H,74,84)(H,81,82)(H4,64,65,68)(H4,66,67,69)(H,71,77,85)/t36-,37+,40+,41+,42+,43+,44-,45-,46-,47-,52-/m0/s1. The maximum Gasteiger partial charge on any atom is 0.304 e. The summed E-state index contributed by atoms with van der Waals surface area (Å²) in [6.45, 7) is 11.9. The van der Waals surface area contributed by atoms with E-state index >= 15 is 0 Å². The highest BCUT2D eigenvalue weighted by Crippen LogP contribution is 2.30. The van der Waals surface area contributed by atoms with E-state index in [1.165, 1.54) is 25.7 Å². The van der Waals surface area contributed by atoms with Gasteiger partial charge in [-0.2, -0.15) is 0 Å². The molecule has 0 saturated carbocycles. The fourth-order valence-corrected chi connectivity index (χ4v) is 10.9. The van der Waals surface area contributed by atoms with E-state index in [-0.39, 0.29) is 101 Å². The Morgan fingerprint density at radius 1 is 0.596 bits per heavy atom. The summed E-state index contributed by atoms with van der Waals surface area (Å²) in [5.74, 6) is -14.7. The van der Waals surface area contributed by atoms with Crippen molar-refractivity contribution >= 4 is 82.5 Å². The number of rotatable bonds is 43. The molecule has 498 valence electrons. The highest BCUT2D eigenvalue weighted by Gasteiger charge is 2.41. The molecule has 0 aliphatic carbocycles. The van der Waals surface area contributed by atoms with Gasteiger partial charge in [0.15, 0.2) is 29.3 Å². The molecule has 1 saturated heterocycles. The number of amides is 8. The molecule has 1 fully saturated rings. The number of likely N-dealkylation sites (tertiary alicyclic amines) is 1. The van der Waals surface area contributed by atoms with Crippen molar-refractivity contribution in [2.45, 2.75) is 194 Å². The van der Waals surface area contributed by atoms with E-state index in [1.54, 1.807) is 30.3 Å². The van der Waals surface area contributed by atoms with Crippen molar-refractivity contribution in [3.63, 3.8) is 0 Å². The smallest absolute Gasteiger partial charge is 0.304 e. The molecule has 0 bridgehead atoms. The zero-order valence-corrected chi connectivity index (χ0v) is 52.8. The van der Waals surface area contributed by atoms with Gasteiger partial charge in [0, 0.05) is 69.5 Å². The molecular weight excluding hydrogens is 1150 g/mol. The van der Waals surface area contributed by atoms with Crippen LogP contribution in [0.3, 0.4) is 0 Å². The summed E-state index contributed by atoms with van der Waals surface area (Å²) in [5.41, 5.74) is 34.2. The van der Waals surface area contributed by atoms with E-state index in [1.807, 2.05) is 27.7 Å². The van der Waals surface area contributed by atoms with E-state index in [9.17, 15) is 67.7 Å². The molecule has 1 heterocycles. The minimum atomic E-state index is -1.74. The molecule has 11 atom stereocenters. The molecular formula is C61H100N14O14. The molecule has 1 aromatic rings. The van der Waals surface area contributed by atoms with Crippen LogP contribution in [0.25, 0.3) is 0 Å². The Kier molecular flexibility index (Phi) is 34.6. The lowest BCUT2D eigenvalue weighted by Gasteiger charge is -2.31. The summed E-state index contributed by atoms with van der Waals surface area (Å²) in [6.07, 6.45) is -1.28. The van der Waals surface area contributed by atoms with E-state index in [0.717, 1.165) is 0 Å². The molecule has 89 heavy (non-hydrogen) atoms. The van der Waals surface area contributed by atoms with Crippen LogP contribution in [0.1, 0.15) is 157 Å². The Balaban J connectivity index is 2.41. The van der Waals surface area contributed by atoms with Crippen LogP contribution in [-0.2, 0) is 64.0 Å². The van der Waals surface area contributed by atoms with Crippen LogP contribution in [0.15, 0.2) is 40.3 Å². The van der Waals surface area contributed by atoms with Crippen LogP contribution < -0.4 is 61.0 Å². The number of imide groups is 1. The van der Waals surface area contributed by atoms with E-state index < -0.39 is 156 Å². The van der Waals surface area contributed by atoms with E-state index in [4.69, 9.17) is 34.4 Å². The molecule has 0 aromatic heterocycles. The second kappa shape index (κ2) is 39.9. The van der Waals surface area contributed by atoms with Crippen LogP contribution in [0.4, 0.5) is 0 Å². The van der Waals surface area contributed by atoms with Crippen LogP contribution in [0.5, 0.6) is 0 Å². The molecule has 19 N–H and O–H groups in total. The number of carboxylic acid groups (broad SMARTS) is 1. The second-order valence-electron chi connectivity index (χ2n) is 24.2. The Labute approximate surface area is 521 Å². The first-order valence-corrected chi connectivity index (χ1v) is 30.8. The number of aliphatic hydroxyl groups is 1. The first-order chi connectivity index (χ1) is 41.8. The van der Waals surface area contributed by atoms with E-state index in [2.05, 4.69) is 36.6 Å². The van der Waals surface area contributed by atoms with Crippen molar-refractivity contribution in [1.82, 2.24) is 31.5 Å². The Morgan fingerprint density at radius 3 is 1.64 bits per heavy atom. The van der Waals surface area contributed by atoms with Gasteiger partial charge in [-0.1, -0.05) is 58.0 Å². The number of primary amides is 1. The quantitative estimate of drug-likeness (QED) is 0.0230. The lowest BCUT2D eigenvalue weighted by atomic mass is 9.84. The number of aliphatic hydroxyl groups excluding tert-OH is 1. The largest absolute Gasteiger partial charge is 0.481 e. The Hall–Kier alpha value is -7.88. The topological polar surface area (TPSA) is 490 Å². The molecule has 2 rings (SSSR count). The summed E-state index contributed by atoms with van der Waals surface area (Å²) >= 11 is 0. The summed E-state index contributed by atoms with van der Waals surface area (Å²) in [4.78, 5) is 173. The fourth-order valence-electron chi connectivity index (χ4n) is 10.9. The molecule has 0 spiro atoms. The van der Waals surface area contributed by atoms with Gasteiger partial charge in [0.05, 0.1) is 30.5 Å². The first kappa shape index (κ1) is 77.2. The third-order valence-corrected chi connectivity index (χ3v) is 15.4. The number of guanidine groups is 2. The molecule has 28 nitrogen and oxygen atoms in total. The number of nitrogens with zero attached hydrogens (tertiary/aromatic N) is 3. The normalized spacial score (nSPS) is 16.3. The average molecular weight is 1250 g/mol. The number of nitrogens with one attached hydrogen (secondary N) is 5. The van der Waals surface area contributed by atoms with Gasteiger partial charge in [-0.15, -0.1) is 0 Å². The lowest BCUT2D eigenvalue weighted by molar-refractivity contribution is -0.144. The first-order valence-electron chi connectivity index (χ1n) is 30.8. The number of nitrogens with two attached hydrogens (primary N) is 6. The van der Waals surface area contributed by atoms with Crippen LogP contribution in [0, 0.1) is 41.4 Å². The van der Waals surface area contributed by atoms with Crippen molar-refractivity contribution in [3.8, 4) is 0 Å². The molecule has 0 unspecified atom stereocenters. The zero-order valence-electron chi connectivity index (χ0n) is 52.8. The molecule has 1 aliphatic heterocycles. The van der Waals surface area contributed by atoms with Crippen molar-refractivity contribution < 1.29 is 67.7 Å². The van der Waals surface area contributed by atoms with E-state index in [0.29, 0.717) is 44.1 Å². The predicted octanol–water partition coefficient (Wildman–Crippen LogP) is -0.140. The SMILES string of the molecule is CC(=O)NC(=O)[C@H](CC(C)C)C[C@@H](CCCN=C(N)N)C(=O)N1CCC[C@H]1C(=O)N[C@@H](C)C(=O)N[C@H](C(=O)C[C@@H](CC(=O)O)C(=O)N[C@@H](CCCCN)C(=O)C[C@@H](Cc1ccccc1)C(=O)N[C@@H](CCCN=C(N)N)C(=O)C[C@@H](CC(C)C)C(N)=O)[C@@H](C)O. The van der Waals surface area contributed by atoms with Crippen molar-refractivity contribution in [2.24, 2.45) is 85.8 Å². The van der Waals surface area contributed by atoms with Gasteiger partial charge in [0.1, 0.15) is 18.1 Å². The Bertz CT molecular complexity index is 2610. The summed E-state index contributed by atoms with van der Waals surface area (Å²) < 4.78 is 0. The van der Waals surface area contributed by atoms with Crippen LogP contribution in [0.2, 0.25) is 0 Å². The number of Topliss-reactive ketones (excluding diaryl/α,β-unsaturated/α-hetero) is 3. The second-order valence-corrected chi connectivity index (χ2v) is 24.2. The minimum absolute atomic E-state index is 0.00612. The molecule has 1 aromatic carbocycles. The molecule has 0 radical (unpaired) electrons. The maximum atomic E-state index is 14.5. The summed E-state index contributed by atoms with van der Waals surface area (Å²) in [7, 11) is 0. The number of carboxylic acids is 1. The van der Waals surface area contributed by atoms with Gasteiger partial charge in [0.25, 0.3) is 0 Å². The zero-order chi connectivity index (χ0) is 67.1. The molecule has 28 heteroatoms. The number of ketones is 3. The molecule has 1 aliphatic rings. The Morgan fingerprint density at radius 2 is 1.12 bits per heavy atom. The number of hydrogen-bond acceptors (Lipinski definition) is 16. The summed E-state index contributed by atoms with van der Waals surface area (Å²) in [6, 6.07) is 2.02.